The lowest BCUT2D eigenvalue weighted by molar-refractivity contribution is -0.149. The molecule has 0 radical (unpaired) electrons. The van der Waals surface area contributed by atoms with Crippen molar-refractivity contribution in [2.24, 2.45) is 28.3 Å². The van der Waals surface area contributed by atoms with E-state index in [1.54, 1.807) is 4.90 Å². The van der Waals surface area contributed by atoms with Gasteiger partial charge in [0.05, 0.1) is 11.5 Å². The Labute approximate surface area is 182 Å². The van der Waals surface area contributed by atoms with Crippen molar-refractivity contribution in [3.05, 3.63) is 40.8 Å². The molecule has 1 aromatic carbocycles. The number of hydrogen-bond acceptors (Lipinski definition) is 5. The molecular formula is C24H31N3O4. The molecule has 5 aliphatic rings. The van der Waals surface area contributed by atoms with Gasteiger partial charge < -0.3 is 15.0 Å². The highest BCUT2D eigenvalue weighted by Crippen LogP contribution is 2.60. The smallest absolute Gasteiger partial charge is 0.410 e. The molecule has 4 aliphatic carbocycles. The highest BCUT2D eigenvalue weighted by Gasteiger charge is 2.59. The number of carbonyl (C=O) groups is 2. The van der Waals surface area contributed by atoms with E-state index in [0.29, 0.717) is 19.0 Å². The van der Waals surface area contributed by atoms with Crippen molar-refractivity contribution >= 4 is 12.0 Å². The van der Waals surface area contributed by atoms with Crippen LogP contribution in [-0.2, 0) is 16.1 Å². The van der Waals surface area contributed by atoms with Crippen LogP contribution in [0.15, 0.2) is 35.5 Å². The number of likely N-dealkylation sites (tertiary alicyclic amines) is 1. The zero-order valence-electron chi connectivity index (χ0n) is 17.9. The van der Waals surface area contributed by atoms with Gasteiger partial charge in [-0.2, -0.15) is 4.91 Å². The second-order valence-electron chi connectivity index (χ2n) is 10.1. The summed E-state index contributed by atoms with van der Waals surface area (Å²) in [6, 6.07) is 9.51. The van der Waals surface area contributed by atoms with Gasteiger partial charge in [0.2, 0.25) is 5.91 Å². The molecule has 4 bridgehead atoms. The van der Waals surface area contributed by atoms with Gasteiger partial charge in [0.25, 0.3) is 0 Å². The fraction of sp³-hybridized carbons (Fsp3) is 0.667. The molecule has 2 amide bonds. The minimum atomic E-state index is -0.339. The Bertz CT molecular complexity index is 828. The summed E-state index contributed by atoms with van der Waals surface area (Å²) in [6.45, 7) is 1.40. The highest BCUT2D eigenvalue weighted by atomic mass is 16.6. The molecule has 1 heterocycles. The van der Waals surface area contributed by atoms with Gasteiger partial charge in [0, 0.05) is 19.1 Å². The number of hydrogen-bond donors (Lipinski definition) is 1. The number of carbonyl (C=O) groups excluding carboxylic acids is 2. The van der Waals surface area contributed by atoms with Gasteiger partial charge in [-0.15, -0.1) is 0 Å². The summed E-state index contributed by atoms with van der Waals surface area (Å²) in [5, 5.41) is 6.69. The minimum absolute atomic E-state index is 0.0430. The molecule has 166 valence electrons. The molecular weight excluding hydrogens is 394 g/mol. The third kappa shape index (κ3) is 3.94. The molecule has 4 saturated carbocycles. The number of rotatable bonds is 5. The van der Waals surface area contributed by atoms with Crippen LogP contribution in [0.5, 0.6) is 0 Å². The van der Waals surface area contributed by atoms with E-state index >= 15 is 0 Å². The van der Waals surface area contributed by atoms with E-state index in [4.69, 9.17) is 4.74 Å². The Balaban J connectivity index is 1.17. The molecule has 1 saturated heterocycles. The normalized spacial score (nSPS) is 36.1. The Morgan fingerprint density at radius 3 is 2.58 bits per heavy atom. The molecule has 6 rings (SSSR count). The second kappa shape index (κ2) is 8.24. The number of piperidine rings is 1. The molecule has 2 unspecified atom stereocenters. The summed E-state index contributed by atoms with van der Waals surface area (Å²) in [7, 11) is 0. The monoisotopic (exact) mass is 425 g/mol. The van der Waals surface area contributed by atoms with Gasteiger partial charge in [-0.05, 0) is 68.3 Å². The lowest BCUT2D eigenvalue weighted by atomic mass is 9.47. The van der Waals surface area contributed by atoms with E-state index in [0.717, 1.165) is 50.5 Å². The van der Waals surface area contributed by atoms with E-state index in [-0.39, 0.29) is 47.9 Å². The lowest BCUT2D eigenvalue weighted by Gasteiger charge is -2.57. The van der Waals surface area contributed by atoms with E-state index in [9.17, 15) is 14.5 Å². The van der Waals surface area contributed by atoms with Crippen molar-refractivity contribution < 1.29 is 14.3 Å². The third-order valence-corrected chi connectivity index (χ3v) is 8.05. The van der Waals surface area contributed by atoms with E-state index in [1.807, 2.05) is 30.3 Å². The van der Waals surface area contributed by atoms with Crippen molar-refractivity contribution in [2.45, 2.75) is 63.6 Å². The number of nitroso groups, excluding NO2 is 1. The summed E-state index contributed by atoms with van der Waals surface area (Å²) < 4.78 is 5.48. The molecule has 3 atom stereocenters. The van der Waals surface area contributed by atoms with Gasteiger partial charge in [0.1, 0.15) is 6.61 Å². The SMILES string of the molecule is O=NC1C2CC3CC1CC(C(=O)N[C@H]1CCCN(C(=O)OCc4ccccc4)C1)(C3)C2. The number of nitrogens with one attached hydrogen (secondary N) is 1. The van der Waals surface area contributed by atoms with Gasteiger partial charge in [-0.3, -0.25) is 4.79 Å². The summed E-state index contributed by atoms with van der Waals surface area (Å²) in [5.41, 5.74) is 0.621. The summed E-state index contributed by atoms with van der Waals surface area (Å²) in [6.07, 6.45) is 6.02. The van der Waals surface area contributed by atoms with Crippen LogP contribution in [0, 0.1) is 28.1 Å². The quantitative estimate of drug-likeness (QED) is 0.726. The van der Waals surface area contributed by atoms with Gasteiger partial charge in [0.15, 0.2) is 0 Å². The van der Waals surface area contributed by atoms with Crippen LogP contribution in [0.1, 0.15) is 50.5 Å². The van der Waals surface area contributed by atoms with Crippen LogP contribution >= 0.6 is 0 Å². The molecule has 1 N–H and O–H groups in total. The average Bonchev–Trinajstić information content (AvgIpc) is 2.78. The molecule has 5 fully saturated rings. The predicted molar refractivity (Wildman–Crippen MR) is 115 cm³/mol. The fourth-order valence-corrected chi connectivity index (χ4v) is 6.86. The van der Waals surface area contributed by atoms with Gasteiger partial charge in [-0.1, -0.05) is 35.5 Å². The number of nitrogens with zero attached hydrogens (tertiary/aromatic N) is 2. The summed E-state index contributed by atoms with van der Waals surface area (Å²) in [5.74, 6) is 1.22. The van der Waals surface area contributed by atoms with Crippen LogP contribution in [-0.4, -0.2) is 42.1 Å². The van der Waals surface area contributed by atoms with Crippen molar-refractivity contribution in [3.8, 4) is 0 Å². The van der Waals surface area contributed by atoms with Crippen molar-refractivity contribution in [1.29, 1.82) is 0 Å². The first-order valence-electron chi connectivity index (χ1n) is 11.7. The maximum Gasteiger partial charge on any atom is 0.410 e. The van der Waals surface area contributed by atoms with Crippen LogP contribution in [0.25, 0.3) is 0 Å². The number of amides is 2. The molecule has 7 heteroatoms. The summed E-state index contributed by atoms with van der Waals surface area (Å²) >= 11 is 0. The Morgan fingerprint density at radius 2 is 1.87 bits per heavy atom. The second-order valence-corrected chi connectivity index (χ2v) is 10.1. The van der Waals surface area contributed by atoms with Gasteiger partial charge in [-0.25, -0.2) is 4.79 Å². The Kier molecular flexibility index (Phi) is 5.44. The molecule has 7 nitrogen and oxygen atoms in total. The first kappa shape index (κ1) is 20.5. The van der Waals surface area contributed by atoms with Crippen molar-refractivity contribution in [3.63, 3.8) is 0 Å². The van der Waals surface area contributed by atoms with Crippen molar-refractivity contribution in [2.75, 3.05) is 13.1 Å². The standard InChI is InChI=1S/C24H31N3O4/c28-22(24-11-17-9-18(12-24)21(26-30)19(10-17)13-24)25-20-7-4-8-27(14-20)23(29)31-15-16-5-2-1-3-6-16/h1-3,5-6,17-21H,4,7-15H2,(H,25,28)/t17?,18?,19?,20-,21?,24?/m0/s1. The number of benzene rings is 1. The average molecular weight is 426 g/mol. The lowest BCUT2D eigenvalue weighted by Crippen LogP contribution is -2.60. The topological polar surface area (TPSA) is 88.1 Å². The molecule has 1 aromatic rings. The fourth-order valence-electron chi connectivity index (χ4n) is 6.86. The molecule has 0 aromatic heterocycles. The predicted octanol–water partition coefficient (Wildman–Crippen LogP) is 3.87. The highest BCUT2D eigenvalue weighted by molar-refractivity contribution is 5.83. The van der Waals surface area contributed by atoms with E-state index in [2.05, 4.69) is 10.5 Å². The summed E-state index contributed by atoms with van der Waals surface area (Å²) in [4.78, 5) is 39.0. The zero-order valence-corrected chi connectivity index (χ0v) is 17.9. The van der Waals surface area contributed by atoms with E-state index in [1.165, 1.54) is 0 Å². The van der Waals surface area contributed by atoms with Gasteiger partial charge >= 0.3 is 6.09 Å². The Morgan fingerprint density at radius 1 is 1.13 bits per heavy atom. The van der Waals surface area contributed by atoms with Crippen LogP contribution in [0.4, 0.5) is 4.79 Å². The van der Waals surface area contributed by atoms with Crippen molar-refractivity contribution in [1.82, 2.24) is 10.2 Å². The number of ether oxygens (including phenoxy) is 1. The molecule has 0 spiro atoms. The maximum atomic E-state index is 13.4. The largest absolute Gasteiger partial charge is 0.445 e. The minimum Gasteiger partial charge on any atom is -0.445 e. The first-order valence-corrected chi connectivity index (χ1v) is 11.7. The Hall–Kier alpha value is -2.44. The molecule has 31 heavy (non-hydrogen) atoms. The van der Waals surface area contributed by atoms with E-state index < -0.39 is 0 Å². The van der Waals surface area contributed by atoms with Crippen LogP contribution in [0.3, 0.4) is 0 Å². The van der Waals surface area contributed by atoms with Crippen LogP contribution < -0.4 is 5.32 Å². The first-order chi connectivity index (χ1) is 15.1. The third-order valence-electron chi connectivity index (χ3n) is 8.05. The van der Waals surface area contributed by atoms with Crippen LogP contribution in [0.2, 0.25) is 0 Å². The zero-order chi connectivity index (χ0) is 21.4. The maximum absolute atomic E-state index is 13.4. The molecule has 1 aliphatic heterocycles.